The largest absolute Gasteiger partial charge is 0.331 e. The number of nitrogens with one attached hydrogen (secondary N) is 1. The number of rotatable bonds is 4. The number of aryl methyl sites for hydroxylation is 1. The molecule has 3 heterocycles. The Balaban J connectivity index is 0.00000113. The number of pyridine rings is 1. The zero-order chi connectivity index (χ0) is 15.5. The first-order valence-electron chi connectivity index (χ1n) is 8.49. The summed E-state index contributed by atoms with van der Waals surface area (Å²) in [5.41, 5.74) is 1.19. The van der Waals surface area contributed by atoms with E-state index in [0.717, 1.165) is 30.7 Å². The van der Waals surface area contributed by atoms with Gasteiger partial charge in [-0.1, -0.05) is 24.6 Å². The predicted molar refractivity (Wildman–Crippen MR) is 108 cm³/mol. The van der Waals surface area contributed by atoms with Crippen molar-refractivity contribution in [2.45, 2.75) is 38.3 Å². The first-order chi connectivity index (χ1) is 11.4. The second kappa shape index (κ2) is 9.18. The van der Waals surface area contributed by atoms with Crippen LogP contribution in [0.15, 0.2) is 49.1 Å². The molecule has 1 aliphatic heterocycles. The van der Waals surface area contributed by atoms with E-state index in [1.807, 2.05) is 18.6 Å². The molecule has 0 bridgehead atoms. The summed E-state index contributed by atoms with van der Waals surface area (Å²) in [5, 5.41) is 6.00. The highest BCUT2D eigenvalue weighted by Gasteiger charge is 2.14. The van der Waals surface area contributed by atoms with Crippen molar-refractivity contribution in [1.29, 1.82) is 0 Å². The molecule has 0 aliphatic carbocycles. The Bertz CT molecular complexity index is 791. The van der Waals surface area contributed by atoms with Crippen molar-refractivity contribution < 1.29 is 0 Å². The number of piperidine rings is 1. The fourth-order valence-electron chi connectivity index (χ4n) is 3.52. The number of nitrogens with zero attached hydrogens (tertiary/aromatic N) is 3. The van der Waals surface area contributed by atoms with E-state index < -0.39 is 0 Å². The lowest BCUT2D eigenvalue weighted by molar-refractivity contribution is 0.367. The summed E-state index contributed by atoms with van der Waals surface area (Å²) in [6, 6.07) is 9.06. The van der Waals surface area contributed by atoms with E-state index in [9.17, 15) is 0 Å². The molecule has 1 N–H and O–H groups in total. The van der Waals surface area contributed by atoms with E-state index in [4.69, 9.17) is 0 Å². The second-order valence-corrected chi connectivity index (χ2v) is 6.28. The standard InChI is InChI=1S/C19H22N4.2ClH/c1-2-9-21-16(5-1)8-12-23-13-11-22-19(23)18-6-3-4-15-14-20-10-7-17(15)18;;/h3-4,6-7,10-11,13-14,16,21H,1-2,5,8-9,12H2;2*1H. The van der Waals surface area contributed by atoms with E-state index in [0.29, 0.717) is 6.04 Å². The molecule has 1 unspecified atom stereocenters. The molecule has 6 heteroatoms. The SMILES string of the molecule is Cl.Cl.c1cc(-c2nccn2CCC2CCCCN2)c2ccncc2c1. The van der Waals surface area contributed by atoms with Gasteiger partial charge in [0.1, 0.15) is 5.82 Å². The molecule has 0 saturated carbocycles. The predicted octanol–water partition coefficient (Wildman–Crippen LogP) is 4.47. The summed E-state index contributed by atoms with van der Waals surface area (Å²) in [6.45, 7) is 2.17. The van der Waals surface area contributed by atoms with Crippen LogP contribution in [0.4, 0.5) is 0 Å². The van der Waals surface area contributed by atoms with Crippen molar-refractivity contribution in [1.82, 2.24) is 19.9 Å². The molecule has 3 aromatic rings. The minimum absolute atomic E-state index is 0. The minimum atomic E-state index is 0. The van der Waals surface area contributed by atoms with Gasteiger partial charge >= 0.3 is 0 Å². The van der Waals surface area contributed by atoms with Crippen LogP contribution < -0.4 is 5.32 Å². The van der Waals surface area contributed by atoms with Crippen LogP contribution in [0.2, 0.25) is 0 Å². The second-order valence-electron chi connectivity index (χ2n) is 6.28. The highest BCUT2D eigenvalue weighted by atomic mass is 35.5. The van der Waals surface area contributed by atoms with Crippen LogP contribution >= 0.6 is 24.8 Å². The van der Waals surface area contributed by atoms with Crippen LogP contribution in [0.5, 0.6) is 0 Å². The summed E-state index contributed by atoms with van der Waals surface area (Å²) in [4.78, 5) is 8.84. The highest BCUT2D eigenvalue weighted by Crippen LogP contribution is 2.27. The Morgan fingerprint density at radius 2 is 2.04 bits per heavy atom. The summed E-state index contributed by atoms with van der Waals surface area (Å²) >= 11 is 0. The van der Waals surface area contributed by atoms with Gasteiger partial charge in [-0.05, 0) is 37.3 Å². The quantitative estimate of drug-likeness (QED) is 0.727. The van der Waals surface area contributed by atoms with Crippen LogP contribution in [0.3, 0.4) is 0 Å². The molecule has 0 radical (unpaired) electrons. The van der Waals surface area contributed by atoms with Crippen LogP contribution in [-0.2, 0) is 6.54 Å². The Kier molecular flexibility index (Phi) is 7.24. The van der Waals surface area contributed by atoms with Crippen molar-refractivity contribution in [3.63, 3.8) is 0 Å². The number of halogens is 2. The number of aromatic nitrogens is 3. The van der Waals surface area contributed by atoms with E-state index in [2.05, 4.69) is 50.3 Å². The first-order valence-corrected chi connectivity index (χ1v) is 8.49. The van der Waals surface area contributed by atoms with Crippen molar-refractivity contribution in [2.24, 2.45) is 0 Å². The molecule has 1 saturated heterocycles. The molecule has 25 heavy (non-hydrogen) atoms. The normalized spacial score (nSPS) is 16.9. The molecule has 1 aliphatic rings. The molecule has 134 valence electrons. The van der Waals surface area contributed by atoms with Crippen molar-refractivity contribution in [3.05, 3.63) is 49.1 Å². The first kappa shape index (κ1) is 19.7. The summed E-state index contributed by atoms with van der Waals surface area (Å²) in [5.74, 6) is 1.05. The van der Waals surface area contributed by atoms with Gasteiger partial charge in [-0.2, -0.15) is 0 Å². The molecule has 4 rings (SSSR count). The number of hydrogen-bond acceptors (Lipinski definition) is 3. The topological polar surface area (TPSA) is 42.7 Å². The van der Waals surface area contributed by atoms with Gasteiger partial charge < -0.3 is 9.88 Å². The lowest BCUT2D eigenvalue weighted by atomic mass is 10.0. The van der Waals surface area contributed by atoms with Gasteiger partial charge in [-0.3, -0.25) is 4.98 Å². The van der Waals surface area contributed by atoms with Crippen LogP contribution in [0.1, 0.15) is 25.7 Å². The van der Waals surface area contributed by atoms with Crippen molar-refractivity contribution in [2.75, 3.05) is 6.54 Å². The summed E-state index contributed by atoms with van der Waals surface area (Å²) < 4.78 is 2.28. The fraction of sp³-hybridized carbons (Fsp3) is 0.368. The molecule has 1 fully saturated rings. The Labute approximate surface area is 160 Å². The van der Waals surface area contributed by atoms with Crippen LogP contribution in [0.25, 0.3) is 22.2 Å². The number of imidazole rings is 1. The molecule has 4 nitrogen and oxygen atoms in total. The van der Waals surface area contributed by atoms with Crippen molar-refractivity contribution >= 4 is 35.6 Å². The molecule has 0 spiro atoms. The van der Waals surface area contributed by atoms with E-state index in [1.165, 1.54) is 30.2 Å². The summed E-state index contributed by atoms with van der Waals surface area (Å²) in [6.07, 6.45) is 12.9. The van der Waals surface area contributed by atoms with Crippen LogP contribution in [0, 0.1) is 0 Å². The van der Waals surface area contributed by atoms with E-state index in [-0.39, 0.29) is 24.8 Å². The maximum absolute atomic E-state index is 4.62. The Morgan fingerprint density at radius 3 is 2.88 bits per heavy atom. The van der Waals surface area contributed by atoms with Gasteiger partial charge in [0.15, 0.2) is 0 Å². The molecular weight excluding hydrogens is 355 g/mol. The van der Waals surface area contributed by atoms with Gasteiger partial charge in [-0.25, -0.2) is 4.98 Å². The molecule has 1 atom stereocenters. The van der Waals surface area contributed by atoms with Gasteiger partial charge in [0, 0.05) is 48.3 Å². The third kappa shape index (κ3) is 4.32. The number of hydrogen-bond donors (Lipinski definition) is 1. The average Bonchev–Trinajstić information content (AvgIpc) is 3.09. The van der Waals surface area contributed by atoms with Gasteiger partial charge in [0.2, 0.25) is 0 Å². The van der Waals surface area contributed by atoms with E-state index >= 15 is 0 Å². The smallest absolute Gasteiger partial charge is 0.140 e. The molecule has 2 aromatic heterocycles. The van der Waals surface area contributed by atoms with Gasteiger partial charge in [0.05, 0.1) is 0 Å². The number of fused-ring (bicyclic) bond motifs is 1. The minimum Gasteiger partial charge on any atom is -0.331 e. The Morgan fingerprint density at radius 1 is 1.12 bits per heavy atom. The average molecular weight is 379 g/mol. The summed E-state index contributed by atoms with van der Waals surface area (Å²) in [7, 11) is 0. The third-order valence-electron chi connectivity index (χ3n) is 4.77. The van der Waals surface area contributed by atoms with Gasteiger partial charge in [-0.15, -0.1) is 24.8 Å². The van der Waals surface area contributed by atoms with Crippen molar-refractivity contribution in [3.8, 4) is 11.4 Å². The lowest BCUT2D eigenvalue weighted by Crippen LogP contribution is -2.34. The third-order valence-corrected chi connectivity index (χ3v) is 4.77. The van der Waals surface area contributed by atoms with E-state index in [1.54, 1.807) is 0 Å². The molecule has 0 amide bonds. The molecule has 1 aromatic carbocycles. The lowest BCUT2D eigenvalue weighted by Gasteiger charge is -2.23. The highest BCUT2D eigenvalue weighted by molar-refractivity contribution is 5.94. The Hall–Kier alpha value is -1.62. The number of benzene rings is 1. The molecular formula is C19H24Cl2N4. The fourth-order valence-corrected chi connectivity index (χ4v) is 3.52. The van der Waals surface area contributed by atoms with Gasteiger partial charge in [0.25, 0.3) is 0 Å². The maximum Gasteiger partial charge on any atom is 0.140 e. The van der Waals surface area contributed by atoms with Crippen LogP contribution in [-0.4, -0.2) is 27.1 Å². The zero-order valence-electron chi connectivity index (χ0n) is 14.1. The maximum atomic E-state index is 4.62. The monoisotopic (exact) mass is 378 g/mol. The zero-order valence-corrected chi connectivity index (χ0v) is 15.7.